The smallest absolute Gasteiger partial charge is 0.317 e. The maximum absolute atomic E-state index is 14.1. The van der Waals surface area contributed by atoms with Gasteiger partial charge < -0.3 is 19.7 Å². The van der Waals surface area contributed by atoms with E-state index in [-0.39, 0.29) is 17.8 Å². The van der Waals surface area contributed by atoms with Gasteiger partial charge in [-0.3, -0.25) is 0 Å². The van der Waals surface area contributed by atoms with Crippen molar-refractivity contribution >= 4 is 17.6 Å². The van der Waals surface area contributed by atoms with Crippen molar-refractivity contribution in [2.24, 2.45) is 0 Å². The minimum atomic E-state index is -3.16. The molecule has 2 bridgehead atoms. The zero-order valence-electron chi connectivity index (χ0n) is 12.3. The standard InChI is InChI=1S/C15H17ClF2N2O3/c16-11-3-1-10(2-4-11)15(17,18)9-19-14(21)20-5-12-7-22-8-13(6-20)23-12/h1-4,12-13H,5-9H2,(H,19,21). The summed E-state index contributed by atoms with van der Waals surface area (Å²) in [5.74, 6) is -3.16. The lowest BCUT2D eigenvalue weighted by Gasteiger charge is -2.41. The molecule has 2 atom stereocenters. The van der Waals surface area contributed by atoms with Crippen molar-refractivity contribution in [3.63, 3.8) is 0 Å². The SMILES string of the molecule is O=C(NCC(F)(F)c1ccc(Cl)cc1)N1CC2COCC(C1)O2. The lowest BCUT2D eigenvalue weighted by molar-refractivity contribution is -0.171. The second-order valence-electron chi connectivity index (χ2n) is 5.69. The quantitative estimate of drug-likeness (QED) is 0.913. The highest BCUT2D eigenvalue weighted by atomic mass is 35.5. The molecule has 0 saturated carbocycles. The van der Waals surface area contributed by atoms with Crippen LogP contribution in [0.2, 0.25) is 5.02 Å². The van der Waals surface area contributed by atoms with E-state index in [1.165, 1.54) is 29.2 Å². The second-order valence-corrected chi connectivity index (χ2v) is 6.13. The van der Waals surface area contributed by atoms with E-state index in [0.717, 1.165) is 0 Å². The molecule has 0 radical (unpaired) electrons. The molecule has 3 rings (SSSR count). The van der Waals surface area contributed by atoms with Crippen molar-refractivity contribution in [1.82, 2.24) is 10.2 Å². The molecule has 23 heavy (non-hydrogen) atoms. The van der Waals surface area contributed by atoms with Gasteiger partial charge in [-0.05, 0) is 12.1 Å². The fraction of sp³-hybridized carbons (Fsp3) is 0.533. The van der Waals surface area contributed by atoms with E-state index in [2.05, 4.69) is 5.32 Å². The third kappa shape index (κ3) is 3.91. The van der Waals surface area contributed by atoms with Crippen molar-refractivity contribution in [1.29, 1.82) is 0 Å². The summed E-state index contributed by atoms with van der Waals surface area (Å²) >= 11 is 5.69. The van der Waals surface area contributed by atoms with Crippen LogP contribution in [0.4, 0.5) is 13.6 Å². The number of urea groups is 1. The first-order chi connectivity index (χ1) is 10.9. The van der Waals surface area contributed by atoms with Crippen molar-refractivity contribution in [3.05, 3.63) is 34.9 Å². The third-order valence-corrected chi connectivity index (χ3v) is 4.11. The molecule has 0 aromatic heterocycles. The van der Waals surface area contributed by atoms with Crippen LogP contribution in [-0.2, 0) is 15.4 Å². The number of nitrogens with zero attached hydrogens (tertiary/aromatic N) is 1. The first kappa shape index (κ1) is 16.4. The van der Waals surface area contributed by atoms with E-state index in [4.69, 9.17) is 21.1 Å². The topological polar surface area (TPSA) is 50.8 Å². The Morgan fingerprint density at radius 1 is 1.26 bits per heavy atom. The summed E-state index contributed by atoms with van der Waals surface area (Å²) in [5, 5.41) is 2.69. The molecule has 1 N–H and O–H groups in total. The highest BCUT2D eigenvalue weighted by molar-refractivity contribution is 6.30. The number of fused-ring (bicyclic) bond motifs is 2. The lowest BCUT2D eigenvalue weighted by Crippen LogP contribution is -2.58. The van der Waals surface area contributed by atoms with Gasteiger partial charge in [0.15, 0.2) is 0 Å². The zero-order chi connectivity index (χ0) is 16.4. The monoisotopic (exact) mass is 346 g/mol. The number of hydrogen-bond acceptors (Lipinski definition) is 3. The summed E-state index contributed by atoms with van der Waals surface area (Å²) in [4.78, 5) is 13.6. The molecule has 0 spiro atoms. The van der Waals surface area contributed by atoms with E-state index in [1.807, 2.05) is 0 Å². The molecule has 8 heteroatoms. The molecule has 126 valence electrons. The van der Waals surface area contributed by atoms with Crippen LogP contribution in [0.5, 0.6) is 0 Å². The first-order valence-electron chi connectivity index (χ1n) is 7.34. The van der Waals surface area contributed by atoms with Gasteiger partial charge in [0.2, 0.25) is 0 Å². The molecular formula is C15H17ClF2N2O3. The Morgan fingerprint density at radius 3 is 2.48 bits per heavy atom. The fourth-order valence-corrected chi connectivity index (χ4v) is 2.83. The van der Waals surface area contributed by atoms with Gasteiger partial charge in [0.1, 0.15) is 0 Å². The Balaban J connectivity index is 1.56. The largest absolute Gasteiger partial charge is 0.376 e. The third-order valence-electron chi connectivity index (χ3n) is 3.86. The summed E-state index contributed by atoms with van der Waals surface area (Å²) < 4.78 is 39.2. The highest BCUT2D eigenvalue weighted by Crippen LogP contribution is 2.28. The number of morpholine rings is 1. The van der Waals surface area contributed by atoms with Crippen LogP contribution in [0.25, 0.3) is 0 Å². The van der Waals surface area contributed by atoms with Gasteiger partial charge in [0, 0.05) is 10.6 Å². The summed E-state index contributed by atoms with van der Waals surface area (Å²) in [6.45, 7) is 0.753. The average Bonchev–Trinajstić information content (AvgIpc) is 2.52. The van der Waals surface area contributed by atoms with Crippen molar-refractivity contribution in [2.45, 2.75) is 18.1 Å². The Hall–Kier alpha value is -1.44. The molecule has 2 amide bonds. The minimum Gasteiger partial charge on any atom is -0.376 e. The van der Waals surface area contributed by atoms with Gasteiger partial charge in [0.25, 0.3) is 5.92 Å². The summed E-state index contributed by atoms with van der Waals surface area (Å²) in [5.41, 5.74) is -0.186. The molecule has 1 aromatic carbocycles. The number of carbonyl (C=O) groups is 1. The number of rotatable bonds is 3. The van der Waals surface area contributed by atoms with Crippen LogP contribution in [0, 0.1) is 0 Å². The summed E-state index contributed by atoms with van der Waals surface area (Å²) in [6.07, 6.45) is -0.380. The molecule has 2 saturated heterocycles. The van der Waals surface area contributed by atoms with Crippen LogP contribution >= 0.6 is 11.6 Å². The van der Waals surface area contributed by atoms with Crippen LogP contribution in [0.1, 0.15) is 5.56 Å². The fourth-order valence-electron chi connectivity index (χ4n) is 2.70. The Bertz CT molecular complexity index is 558. The Morgan fingerprint density at radius 2 is 1.87 bits per heavy atom. The number of nitrogens with one attached hydrogen (secondary N) is 1. The molecular weight excluding hydrogens is 330 g/mol. The van der Waals surface area contributed by atoms with Gasteiger partial charge in [0.05, 0.1) is 45.1 Å². The summed E-state index contributed by atoms with van der Waals surface area (Å²) in [6, 6.07) is 4.79. The highest BCUT2D eigenvalue weighted by Gasteiger charge is 2.36. The first-order valence-corrected chi connectivity index (χ1v) is 7.72. The van der Waals surface area contributed by atoms with E-state index in [1.54, 1.807) is 0 Å². The average molecular weight is 347 g/mol. The van der Waals surface area contributed by atoms with Crippen LogP contribution in [0.3, 0.4) is 0 Å². The second kappa shape index (κ2) is 6.59. The minimum absolute atomic E-state index is 0.186. The number of benzene rings is 1. The molecule has 5 nitrogen and oxygen atoms in total. The van der Waals surface area contributed by atoms with Gasteiger partial charge >= 0.3 is 6.03 Å². The molecule has 2 aliphatic rings. The van der Waals surface area contributed by atoms with Gasteiger partial charge in [-0.25, -0.2) is 4.79 Å². The number of hydrogen-bond donors (Lipinski definition) is 1. The Labute approximate surface area is 137 Å². The number of ether oxygens (including phenoxy) is 2. The van der Waals surface area contributed by atoms with E-state index >= 15 is 0 Å². The summed E-state index contributed by atoms with van der Waals surface area (Å²) in [7, 11) is 0. The maximum Gasteiger partial charge on any atom is 0.317 e. The van der Waals surface area contributed by atoms with E-state index in [9.17, 15) is 13.6 Å². The molecule has 0 aliphatic carbocycles. The van der Waals surface area contributed by atoms with Gasteiger partial charge in [-0.1, -0.05) is 23.7 Å². The van der Waals surface area contributed by atoms with E-state index < -0.39 is 18.5 Å². The zero-order valence-corrected chi connectivity index (χ0v) is 13.1. The number of halogens is 3. The van der Waals surface area contributed by atoms with Crippen LogP contribution in [0.15, 0.2) is 24.3 Å². The van der Waals surface area contributed by atoms with E-state index in [0.29, 0.717) is 31.3 Å². The van der Waals surface area contributed by atoms with Crippen molar-refractivity contribution in [3.8, 4) is 0 Å². The molecule has 2 unspecified atom stereocenters. The number of alkyl halides is 2. The molecule has 2 fully saturated rings. The lowest BCUT2D eigenvalue weighted by atomic mass is 10.1. The van der Waals surface area contributed by atoms with Crippen molar-refractivity contribution in [2.75, 3.05) is 32.8 Å². The Kier molecular flexibility index (Phi) is 4.70. The van der Waals surface area contributed by atoms with Gasteiger partial charge in [-0.2, -0.15) is 8.78 Å². The van der Waals surface area contributed by atoms with Gasteiger partial charge in [-0.15, -0.1) is 0 Å². The van der Waals surface area contributed by atoms with Crippen LogP contribution < -0.4 is 5.32 Å². The predicted octanol–water partition coefficient (Wildman–Crippen LogP) is 2.24. The number of amides is 2. The number of carbonyl (C=O) groups excluding carboxylic acids is 1. The molecule has 2 heterocycles. The molecule has 1 aromatic rings. The molecule has 2 aliphatic heterocycles. The van der Waals surface area contributed by atoms with Crippen LogP contribution in [-0.4, -0.2) is 56.0 Å². The predicted molar refractivity (Wildman–Crippen MR) is 79.8 cm³/mol. The normalized spacial score (nSPS) is 24.4. The van der Waals surface area contributed by atoms with Crippen molar-refractivity contribution < 1.29 is 23.0 Å². The maximum atomic E-state index is 14.1.